The number of aryl methyl sites for hydroxylation is 1. The molecule has 1 aliphatic rings. The smallest absolute Gasteiger partial charge is 0.300 e. The van der Waals surface area contributed by atoms with E-state index in [0.717, 1.165) is 33.1 Å². The highest BCUT2D eigenvalue weighted by Gasteiger charge is 2.47. The molecule has 2 N–H and O–H groups in total. The van der Waals surface area contributed by atoms with Gasteiger partial charge in [-0.2, -0.15) is 0 Å². The molecule has 0 radical (unpaired) electrons. The lowest BCUT2D eigenvalue weighted by molar-refractivity contribution is -0.132. The highest BCUT2D eigenvalue weighted by atomic mass is 79.9. The number of phenolic OH excluding ortho intramolecular Hbond substituents is 1. The highest BCUT2D eigenvalue weighted by Crippen LogP contribution is 2.44. The Labute approximate surface area is 200 Å². The van der Waals surface area contributed by atoms with Gasteiger partial charge in [-0.25, -0.2) is 8.78 Å². The van der Waals surface area contributed by atoms with E-state index < -0.39 is 35.1 Å². The van der Waals surface area contributed by atoms with Crippen molar-refractivity contribution in [1.29, 1.82) is 0 Å². The highest BCUT2D eigenvalue weighted by molar-refractivity contribution is 9.10. The van der Waals surface area contributed by atoms with Gasteiger partial charge in [0.05, 0.1) is 16.6 Å². The molecule has 4 rings (SSSR count). The van der Waals surface area contributed by atoms with Gasteiger partial charge >= 0.3 is 0 Å². The SMILES string of the molecule is Cc1cc(/C(O)=C2\C(=O)C(=O)N(c3ccc(F)c(F)c3)C2c2ccc(O)c(Cl)c2)ccc1Br. The largest absolute Gasteiger partial charge is 0.507 e. The Hall–Kier alpha value is -3.23. The van der Waals surface area contributed by atoms with Crippen LogP contribution in [-0.2, 0) is 9.59 Å². The number of hydrogen-bond donors (Lipinski definition) is 2. The molecule has 5 nitrogen and oxygen atoms in total. The number of anilines is 1. The van der Waals surface area contributed by atoms with Crippen LogP contribution in [0.25, 0.3) is 5.76 Å². The molecule has 1 saturated heterocycles. The van der Waals surface area contributed by atoms with Crippen molar-refractivity contribution in [3.8, 4) is 5.75 Å². The molecule has 1 unspecified atom stereocenters. The molecule has 1 atom stereocenters. The van der Waals surface area contributed by atoms with Crippen LogP contribution in [0.3, 0.4) is 0 Å². The molecule has 3 aromatic carbocycles. The topological polar surface area (TPSA) is 77.8 Å². The molecule has 0 bridgehead atoms. The van der Waals surface area contributed by atoms with E-state index in [1.54, 1.807) is 25.1 Å². The average Bonchev–Trinajstić information content (AvgIpc) is 3.04. The minimum Gasteiger partial charge on any atom is -0.507 e. The van der Waals surface area contributed by atoms with Gasteiger partial charge in [0.1, 0.15) is 11.5 Å². The zero-order valence-electron chi connectivity index (χ0n) is 16.9. The fourth-order valence-corrected chi connectivity index (χ4v) is 4.13. The van der Waals surface area contributed by atoms with Crippen molar-refractivity contribution in [2.24, 2.45) is 0 Å². The van der Waals surface area contributed by atoms with Crippen LogP contribution in [-0.4, -0.2) is 21.9 Å². The zero-order valence-corrected chi connectivity index (χ0v) is 19.3. The molecule has 0 aromatic heterocycles. The number of amides is 1. The summed E-state index contributed by atoms with van der Waals surface area (Å²) in [4.78, 5) is 27.1. The van der Waals surface area contributed by atoms with Crippen LogP contribution in [0, 0.1) is 18.6 Å². The predicted molar refractivity (Wildman–Crippen MR) is 123 cm³/mol. The molecule has 3 aromatic rings. The van der Waals surface area contributed by atoms with Gasteiger partial charge in [0.25, 0.3) is 11.7 Å². The van der Waals surface area contributed by atoms with Crippen LogP contribution in [0.5, 0.6) is 5.75 Å². The van der Waals surface area contributed by atoms with Gasteiger partial charge in [-0.15, -0.1) is 0 Å². The third kappa shape index (κ3) is 4.00. The zero-order chi connectivity index (χ0) is 24.0. The second kappa shape index (κ2) is 8.61. The first-order valence-electron chi connectivity index (χ1n) is 9.61. The molecule has 1 aliphatic heterocycles. The van der Waals surface area contributed by atoms with Gasteiger partial charge in [-0.3, -0.25) is 14.5 Å². The maximum atomic E-state index is 14.0. The molecule has 1 fully saturated rings. The quantitative estimate of drug-likeness (QED) is 0.245. The Balaban J connectivity index is 1.98. The predicted octanol–water partition coefficient (Wildman–Crippen LogP) is 6.02. The summed E-state index contributed by atoms with van der Waals surface area (Å²) in [6, 6.07) is 10.5. The molecular weight excluding hydrogens is 520 g/mol. The van der Waals surface area contributed by atoms with Gasteiger partial charge in [0.2, 0.25) is 0 Å². The molecule has 0 aliphatic carbocycles. The minimum atomic E-state index is -1.21. The van der Waals surface area contributed by atoms with Crippen LogP contribution in [0.1, 0.15) is 22.7 Å². The van der Waals surface area contributed by atoms with Crippen molar-refractivity contribution in [2.45, 2.75) is 13.0 Å². The van der Waals surface area contributed by atoms with Crippen molar-refractivity contribution in [3.63, 3.8) is 0 Å². The summed E-state index contributed by atoms with van der Waals surface area (Å²) < 4.78 is 28.3. The number of carbonyl (C=O) groups excluding carboxylic acids is 2. The lowest BCUT2D eigenvalue weighted by Gasteiger charge is -2.25. The summed E-state index contributed by atoms with van der Waals surface area (Å²) in [6.45, 7) is 1.79. The van der Waals surface area contributed by atoms with Crippen LogP contribution in [0.15, 0.2) is 64.6 Å². The molecule has 0 saturated carbocycles. The number of ketones is 1. The van der Waals surface area contributed by atoms with Crippen LogP contribution >= 0.6 is 27.5 Å². The molecule has 1 amide bonds. The summed E-state index contributed by atoms with van der Waals surface area (Å²) in [5.41, 5.74) is 0.994. The number of halogens is 4. The minimum absolute atomic E-state index is 0.0529. The van der Waals surface area contributed by atoms with Gasteiger partial charge in [0, 0.05) is 21.8 Å². The van der Waals surface area contributed by atoms with Gasteiger partial charge in [-0.05, 0) is 54.4 Å². The Morgan fingerprint density at radius 1 is 1.03 bits per heavy atom. The monoisotopic (exact) mass is 533 g/mol. The van der Waals surface area contributed by atoms with E-state index in [9.17, 15) is 28.6 Å². The van der Waals surface area contributed by atoms with Crippen molar-refractivity contribution in [3.05, 3.63) is 98.0 Å². The van der Waals surface area contributed by atoms with E-state index in [2.05, 4.69) is 15.9 Å². The second-order valence-electron chi connectivity index (χ2n) is 7.44. The van der Waals surface area contributed by atoms with E-state index in [1.807, 2.05) is 0 Å². The van der Waals surface area contributed by atoms with Crippen LogP contribution in [0.4, 0.5) is 14.5 Å². The lowest BCUT2D eigenvalue weighted by atomic mass is 9.94. The number of aliphatic hydroxyl groups excluding tert-OH is 1. The number of hydrogen-bond acceptors (Lipinski definition) is 4. The number of aromatic hydroxyl groups is 1. The second-order valence-corrected chi connectivity index (χ2v) is 8.70. The fourth-order valence-electron chi connectivity index (χ4n) is 3.69. The molecule has 0 spiro atoms. The van der Waals surface area contributed by atoms with Gasteiger partial charge in [0.15, 0.2) is 11.6 Å². The standard InChI is InChI=1S/C24H15BrClF2NO4/c1-11-8-13(2-5-15(11)25)22(31)20-21(12-3-7-19(30)16(26)9-12)29(24(33)23(20)32)14-4-6-17(27)18(28)10-14/h2-10,21,30-31H,1H3/b22-20+. The molecule has 9 heteroatoms. The summed E-state index contributed by atoms with van der Waals surface area (Å²) >= 11 is 9.42. The Kier molecular flexibility index (Phi) is 5.99. The molecule has 33 heavy (non-hydrogen) atoms. The van der Waals surface area contributed by atoms with E-state index in [4.69, 9.17) is 11.6 Å². The first-order valence-corrected chi connectivity index (χ1v) is 10.8. The number of aliphatic hydroxyl groups is 1. The summed E-state index contributed by atoms with van der Waals surface area (Å²) in [7, 11) is 0. The number of rotatable bonds is 3. The van der Waals surface area contributed by atoms with Gasteiger partial charge in [-0.1, -0.05) is 39.7 Å². The van der Waals surface area contributed by atoms with E-state index >= 15 is 0 Å². The Bertz CT molecular complexity index is 1360. The number of Topliss-reactive ketones (excluding diaryl/α,β-unsaturated/α-hetero) is 1. The summed E-state index contributed by atoms with van der Waals surface area (Å²) in [5.74, 6) is -5.04. The van der Waals surface area contributed by atoms with E-state index in [1.165, 1.54) is 18.2 Å². The Morgan fingerprint density at radius 2 is 1.76 bits per heavy atom. The number of benzene rings is 3. The van der Waals surface area contributed by atoms with Crippen molar-refractivity contribution in [2.75, 3.05) is 4.90 Å². The molecular formula is C24H15BrClF2NO4. The maximum absolute atomic E-state index is 14.0. The maximum Gasteiger partial charge on any atom is 0.300 e. The van der Waals surface area contributed by atoms with Crippen molar-refractivity contribution < 1.29 is 28.6 Å². The normalized spacial score (nSPS) is 17.6. The summed E-state index contributed by atoms with van der Waals surface area (Å²) in [6.07, 6.45) is 0. The Morgan fingerprint density at radius 3 is 2.39 bits per heavy atom. The number of nitrogens with zero attached hydrogens (tertiary/aromatic N) is 1. The third-order valence-electron chi connectivity index (χ3n) is 5.34. The first-order chi connectivity index (χ1) is 15.6. The summed E-state index contributed by atoms with van der Waals surface area (Å²) in [5, 5.41) is 20.9. The average molecular weight is 535 g/mol. The van der Waals surface area contributed by atoms with Crippen LogP contribution in [0.2, 0.25) is 5.02 Å². The van der Waals surface area contributed by atoms with Gasteiger partial charge < -0.3 is 10.2 Å². The molecule has 168 valence electrons. The lowest BCUT2D eigenvalue weighted by Crippen LogP contribution is -2.29. The third-order valence-corrected chi connectivity index (χ3v) is 6.54. The number of carbonyl (C=O) groups is 2. The fraction of sp³-hybridized carbons (Fsp3) is 0.0833. The number of phenols is 1. The van der Waals surface area contributed by atoms with Crippen LogP contribution < -0.4 is 4.90 Å². The van der Waals surface area contributed by atoms with E-state index in [0.29, 0.717) is 0 Å². The first kappa shape index (κ1) is 22.9. The van der Waals surface area contributed by atoms with Crippen molar-refractivity contribution in [1.82, 2.24) is 0 Å². The van der Waals surface area contributed by atoms with Crippen molar-refractivity contribution >= 4 is 50.7 Å². The molecule has 1 heterocycles. The van der Waals surface area contributed by atoms with E-state index in [-0.39, 0.29) is 33.2 Å².